The first kappa shape index (κ1) is 9.98. The second kappa shape index (κ2) is 4.31. The van der Waals surface area contributed by atoms with Gasteiger partial charge in [-0.15, -0.1) is 11.3 Å². The smallest absolute Gasteiger partial charge is 0.261 e. The van der Waals surface area contributed by atoms with Gasteiger partial charge in [0, 0.05) is 0 Å². The van der Waals surface area contributed by atoms with Crippen LogP contribution in [0.1, 0.15) is 28.4 Å². The third-order valence-corrected chi connectivity index (χ3v) is 2.93. The summed E-state index contributed by atoms with van der Waals surface area (Å²) in [6.45, 7) is 1.89. The molecule has 2 aromatic heterocycles. The highest BCUT2D eigenvalue weighted by Gasteiger charge is 2.13. The van der Waals surface area contributed by atoms with Gasteiger partial charge in [-0.05, 0) is 30.5 Å². The monoisotopic (exact) mass is 221 g/mol. The molecule has 15 heavy (non-hydrogen) atoms. The second-order valence-corrected chi connectivity index (χ2v) is 4.14. The summed E-state index contributed by atoms with van der Waals surface area (Å²) in [4.78, 5) is 12.4. The molecule has 4 heteroatoms. The van der Waals surface area contributed by atoms with Crippen LogP contribution in [0, 0.1) is 0 Å². The summed E-state index contributed by atoms with van der Waals surface area (Å²) in [7, 11) is 0. The molecule has 0 radical (unpaired) electrons. The first-order valence-electron chi connectivity index (χ1n) is 4.65. The zero-order valence-electron chi connectivity index (χ0n) is 8.27. The maximum Gasteiger partial charge on any atom is 0.261 e. The molecule has 1 N–H and O–H groups in total. The maximum absolute atomic E-state index is 11.7. The van der Waals surface area contributed by atoms with Gasteiger partial charge < -0.3 is 9.73 Å². The molecule has 0 aliphatic carbocycles. The lowest BCUT2D eigenvalue weighted by atomic mass is 10.2. The van der Waals surface area contributed by atoms with Gasteiger partial charge in [0.2, 0.25) is 0 Å². The fraction of sp³-hybridized carbons (Fsp3) is 0.182. The molecule has 0 spiro atoms. The normalized spacial score (nSPS) is 12.3. The van der Waals surface area contributed by atoms with E-state index in [0.717, 1.165) is 5.76 Å². The van der Waals surface area contributed by atoms with E-state index in [1.54, 1.807) is 12.3 Å². The van der Waals surface area contributed by atoms with E-state index in [1.165, 1.54) is 11.3 Å². The molecule has 0 aliphatic rings. The van der Waals surface area contributed by atoms with Gasteiger partial charge in [0.15, 0.2) is 0 Å². The van der Waals surface area contributed by atoms with Gasteiger partial charge in [0.1, 0.15) is 5.76 Å². The summed E-state index contributed by atoms with van der Waals surface area (Å²) >= 11 is 1.43. The van der Waals surface area contributed by atoms with Crippen LogP contribution in [0.3, 0.4) is 0 Å². The van der Waals surface area contributed by atoms with E-state index >= 15 is 0 Å². The van der Waals surface area contributed by atoms with Crippen molar-refractivity contribution >= 4 is 17.2 Å². The van der Waals surface area contributed by atoms with E-state index in [4.69, 9.17) is 4.42 Å². The number of furan rings is 1. The number of rotatable bonds is 3. The Hall–Kier alpha value is -1.55. The topological polar surface area (TPSA) is 42.2 Å². The van der Waals surface area contributed by atoms with Crippen molar-refractivity contribution in [2.24, 2.45) is 0 Å². The van der Waals surface area contributed by atoms with Gasteiger partial charge in [0.05, 0.1) is 17.2 Å². The van der Waals surface area contributed by atoms with Gasteiger partial charge in [-0.2, -0.15) is 0 Å². The van der Waals surface area contributed by atoms with E-state index in [2.05, 4.69) is 5.32 Å². The Kier molecular flexibility index (Phi) is 2.87. The lowest BCUT2D eigenvalue weighted by Gasteiger charge is -2.09. The van der Waals surface area contributed by atoms with Gasteiger partial charge in [-0.3, -0.25) is 4.79 Å². The van der Waals surface area contributed by atoms with Crippen molar-refractivity contribution < 1.29 is 9.21 Å². The largest absolute Gasteiger partial charge is 0.467 e. The number of carbonyl (C=O) groups is 1. The number of carbonyl (C=O) groups excluding carboxylic acids is 1. The van der Waals surface area contributed by atoms with Crippen LogP contribution < -0.4 is 5.32 Å². The van der Waals surface area contributed by atoms with Crippen molar-refractivity contribution in [1.82, 2.24) is 5.32 Å². The predicted molar refractivity (Wildman–Crippen MR) is 58.9 cm³/mol. The highest BCUT2D eigenvalue weighted by Crippen LogP contribution is 2.14. The standard InChI is InChI=1S/C11H11NO2S/c1-8(9-4-2-6-14-9)12-11(13)10-5-3-7-15-10/h2-8H,1H3,(H,12,13)/t8-/m1/s1. The maximum atomic E-state index is 11.7. The molecule has 0 aromatic carbocycles. The van der Waals surface area contributed by atoms with Gasteiger partial charge in [-0.25, -0.2) is 0 Å². The summed E-state index contributed by atoms with van der Waals surface area (Å²) < 4.78 is 5.20. The predicted octanol–water partition coefficient (Wildman–Crippen LogP) is 2.83. The molecule has 0 saturated heterocycles. The third kappa shape index (κ3) is 2.27. The van der Waals surface area contributed by atoms with Crippen molar-refractivity contribution in [2.75, 3.05) is 0 Å². The molecule has 0 aliphatic heterocycles. The number of nitrogens with one attached hydrogen (secondary N) is 1. The van der Waals surface area contributed by atoms with Crippen LogP contribution in [0.15, 0.2) is 40.3 Å². The fourth-order valence-corrected chi connectivity index (χ4v) is 1.91. The van der Waals surface area contributed by atoms with Crippen molar-refractivity contribution in [1.29, 1.82) is 0 Å². The molecule has 3 nitrogen and oxygen atoms in total. The van der Waals surface area contributed by atoms with E-state index in [0.29, 0.717) is 4.88 Å². The fourth-order valence-electron chi connectivity index (χ4n) is 1.28. The summed E-state index contributed by atoms with van der Waals surface area (Å²) in [5.41, 5.74) is 0. The van der Waals surface area contributed by atoms with E-state index in [1.807, 2.05) is 30.5 Å². The third-order valence-electron chi connectivity index (χ3n) is 2.06. The second-order valence-electron chi connectivity index (χ2n) is 3.19. The molecule has 0 unspecified atom stereocenters. The van der Waals surface area contributed by atoms with Crippen LogP contribution in [-0.4, -0.2) is 5.91 Å². The Morgan fingerprint density at radius 2 is 2.33 bits per heavy atom. The number of thiophene rings is 1. The van der Waals surface area contributed by atoms with Crippen LogP contribution in [-0.2, 0) is 0 Å². The van der Waals surface area contributed by atoms with Gasteiger partial charge in [-0.1, -0.05) is 6.07 Å². The van der Waals surface area contributed by atoms with Crippen LogP contribution in [0.2, 0.25) is 0 Å². The Balaban J connectivity index is 2.01. The molecular formula is C11H11NO2S. The molecule has 1 atom stereocenters. The van der Waals surface area contributed by atoms with Crippen molar-refractivity contribution in [3.8, 4) is 0 Å². The molecule has 1 amide bonds. The average Bonchev–Trinajstić information content (AvgIpc) is 2.91. The molecular weight excluding hydrogens is 210 g/mol. The number of hydrogen-bond donors (Lipinski definition) is 1. The molecule has 2 rings (SSSR count). The van der Waals surface area contributed by atoms with Crippen molar-refractivity contribution in [3.63, 3.8) is 0 Å². The Morgan fingerprint density at radius 3 is 2.93 bits per heavy atom. The highest BCUT2D eigenvalue weighted by molar-refractivity contribution is 7.12. The van der Waals surface area contributed by atoms with Crippen molar-refractivity contribution in [2.45, 2.75) is 13.0 Å². The minimum Gasteiger partial charge on any atom is -0.467 e. The Bertz CT molecular complexity index is 419. The SMILES string of the molecule is C[C@@H](NC(=O)c1cccs1)c1ccco1. The lowest BCUT2D eigenvalue weighted by molar-refractivity contribution is 0.0939. The summed E-state index contributed by atoms with van der Waals surface area (Å²) in [5.74, 6) is 0.703. The minimum absolute atomic E-state index is 0.0612. The number of amides is 1. The summed E-state index contributed by atoms with van der Waals surface area (Å²) in [5, 5.41) is 4.74. The quantitative estimate of drug-likeness (QED) is 0.866. The van der Waals surface area contributed by atoms with Crippen LogP contribution >= 0.6 is 11.3 Å². The lowest BCUT2D eigenvalue weighted by Crippen LogP contribution is -2.25. The van der Waals surface area contributed by atoms with Crippen molar-refractivity contribution in [3.05, 3.63) is 46.5 Å². The summed E-state index contributed by atoms with van der Waals surface area (Å²) in [6, 6.07) is 7.21. The van der Waals surface area contributed by atoms with Crippen LogP contribution in [0.5, 0.6) is 0 Å². The Labute approximate surface area is 91.7 Å². The van der Waals surface area contributed by atoms with Crippen LogP contribution in [0.4, 0.5) is 0 Å². The van der Waals surface area contributed by atoms with E-state index in [-0.39, 0.29) is 11.9 Å². The first-order valence-corrected chi connectivity index (χ1v) is 5.53. The zero-order chi connectivity index (χ0) is 10.7. The van der Waals surface area contributed by atoms with Gasteiger partial charge >= 0.3 is 0 Å². The average molecular weight is 221 g/mol. The minimum atomic E-state index is -0.102. The molecule has 0 fully saturated rings. The Morgan fingerprint density at radius 1 is 1.47 bits per heavy atom. The van der Waals surface area contributed by atoms with Gasteiger partial charge in [0.25, 0.3) is 5.91 Å². The molecule has 78 valence electrons. The van der Waals surface area contributed by atoms with E-state index < -0.39 is 0 Å². The van der Waals surface area contributed by atoms with Crippen LogP contribution in [0.25, 0.3) is 0 Å². The molecule has 0 saturated carbocycles. The molecule has 2 aromatic rings. The number of hydrogen-bond acceptors (Lipinski definition) is 3. The molecule has 2 heterocycles. The molecule has 0 bridgehead atoms. The van der Waals surface area contributed by atoms with E-state index in [9.17, 15) is 4.79 Å². The first-order chi connectivity index (χ1) is 7.27. The highest BCUT2D eigenvalue weighted by atomic mass is 32.1. The summed E-state index contributed by atoms with van der Waals surface area (Å²) in [6.07, 6.45) is 1.60. The zero-order valence-corrected chi connectivity index (χ0v) is 9.08.